The van der Waals surface area contributed by atoms with Crippen LogP contribution in [0.3, 0.4) is 0 Å². The van der Waals surface area contributed by atoms with Crippen LogP contribution in [0.25, 0.3) is 10.2 Å². The Kier molecular flexibility index (Phi) is 7.11. The van der Waals surface area contributed by atoms with E-state index < -0.39 is 0 Å². The number of fused-ring (bicyclic) bond motifs is 1. The van der Waals surface area contributed by atoms with Crippen LogP contribution in [0.5, 0.6) is 0 Å². The molecule has 3 aromatic rings. The zero-order valence-corrected chi connectivity index (χ0v) is 16.6. The van der Waals surface area contributed by atoms with Gasteiger partial charge in [-0.05, 0) is 35.7 Å². The molecule has 1 saturated carbocycles. The summed E-state index contributed by atoms with van der Waals surface area (Å²) in [6.07, 6.45) is 8.07. The zero-order valence-electron chi connectivity index (χ0n) is 14.2. The molecule has 0 bridgehead atoms. The molecule has 0 unspecified atom stereocenters. The smallest absolute Gasteiger partial charge is 0.131 e. The fourth-order valence-electron chi connectivity index (χ4n) is 2.96. The van der Waals surface area contributed by atoms with E-state index in [1.54, 1.807) is 22.7 Å². The molecular formula is C19H24ClN3S2. The minimum Gasteiger partial charge on any atom is -0.379 e. The van der Waals surface area contributed by atoms with Crippen LogP contribution in [0.15, 0.2) is 35.0 Å². The molecule has 134 valence electrons. The lowest BCUT2D eigenvalue weighted by molar-refractivity contribution is 0.583. The number of rotatable bonds is 3. The van der Waals surface area contributed by atoms with Crippen LogP contribution in [-0.4, -0.2) is 11.0 Å². The molecule has 0 aliphatic heterocycles. The number of pyridine rings is 1. The van der Waals surface area contributed by atoms with E-state index in [-0.39, 0.29) is 0 Å². The normalized spacial score (nSPS) is 15.4. The highest BCUT2D eigenvalue weighted by atomic mass is 35.5. The van der Waals surface area contributed by atoms with E-state index in [1.165, 1.54) is 43.4 Å². The first-order valence-corrected chi connectivity index (χ1v) is 10.9. The molecule has 0 radical (unpaired) electrons. The molecule has 6 heteroatoms. The highest BCUT2D eigenvalue weighted by molar-refractivity contribution is 7.17. The van der Waals surface area contributed by atoms with Crippen molar-refractivity contribution in [3.05, 3.63) is 45.1 Å². The van der Waals surface area contributed by atoms with Crippen LogP contribution in [0.1, 0.15) is 43.4 Å². The van der Waals surface area contributed by atoms with Gasteiger partial charge < -0.3 is 11.1 Å². The number of aromatic nitrogens is 1. The second kappa shape index (κ2) is 9.53. The summed E-state index contributed by atoms with van der Waals surface area (Å²) in [5.41, 5.74) is 7.75. The van der Waals surface area contributed by atoms with E-state index in [0.717, 1.165) is 22.4 Å². The summed E-state index contributed by atoms with van der Waals surface area (Å²) in [7, 11) is 0. The van der Waals surface area contributed by atoms with Gasteiger partial charge >= 0.3 is 0 Å². The Morgan fingerprint density at radius 2 is 1.92 bits per heavy atom. The van der Waals surface area contributed by atoms with Gasteiger partial charge in [-0.1, -0.05) is 43.4 Å². The summed E-state index contributed by atoms with van der Waals surface area (Å²) in [5.74, 6) is 0. The summed E-state index contributed by atoms with van der Waals surface area (Å²) in [6, 6.07) is 8.57. The lowest BCUT2D eigenvalue weighted by Gasteiger charge is -2.06. The first kappa shape index (κ1) is 18.6. The standard InChI is InChI=1S/C12H9ClN2S2.C7H15N/c13-11-6-10(12-9(15-11)3-5-17-12)14-7-8-2-1-4-16-8;8-7-5-3-1-2-4-6-7/h1-6H,7H2,(H,14,15);7H,1-6,8H2. The number of nitrogens with one attached hydrogen (secondary N) is 1. The fraction of sp³-hybridized carbons (Fsp3) is 0.421. The molecule has 0 aromatic carbocycles. The van der Waals surface area contributed by atoms with Crippen molar-refractivity contribution in [2.75, 3.05) is 5.32 Å². The third kappa shape index (κ3) is 5.68. The molecule has 0 saturated heterocycles. The van der Waals surface area contributed by atoms with E-state index in [0.29, 0.717) is 11.2 Å². The number of nitrogens with two attached hydrogens (primary N) is 1. The molecule has 3 N–H and O–H groups in total. The Morgan fingerprint density at radius 1 is 1.12 bits per heavy atom. The van der Waals surface area contributed by atoms with E-state index in [4.69, 9.17) is 17.3 Å². The van der Waals surface area contributed by atoms with Gasteiger partial charge in [-0.25, -0.2) is 4.98 Å². The molecule has 0 amide bonds. The minimum absolute atomic E-state index is 0.525. The van der Waals surface area contributed by atoms with E-state index in [2.05, 4.69) is 27.8 Å². The highest BCUT2D eigenvalue weighted by Crippen LogP contribution is 2.30. The number of anilines is 1. The van der Waals surface area contributed by atoms with Gasteiger partial charge in [0, 0.05) is 23.5 Å². The van der Waals surface area contributed by atoms with Gasteiger partial charge in [-0.15, -0.1) is 22.7 Å². The van der Waals surface area contributed by atoms with Crippen molar-refractivity contribution in [1.82, 2.24) is 4.98 Å². The number of nitrogens with zero attached hydrogens (tertiary/aromatic N) is 1. The lowest BCUT2D eigenvalue weighted by atomic mass is 10.1. The van der Waals surface area contributed by atoms with Crippen molar-refractivity contribution >= 4 is 50.2 Å². The third-order valence-electron chi connectivity index (χ3n) is 4.31. The number of thiophene rings is 2. The summed E-state index contributed by atoms with van der Waals surface area (Å²) < 4.78 is 1.16. The molecule has 0 atom stereocenters. The van der Waals surface area contributed by atoms with Crippen LogP contribution in [0, 0.1) is 0 Å². The zero-order chi connectivity index (χ0) is 17.5. The Bertz CT molecular complexity index is 762. The monoisotopic (exact) mass is 393 g/mol. The number of hydrogen-bond donors (Lipinski definition) is 2. The summed E-state index contributed by atoms with van der Waals surface area (Å²) >= 11 is 9.42. The molecule has 3 aromatic heterocycles. The van der Waals surface area contributed by atoms with Gasteiger partial charge in [0.05, 0.1) is 15.9 Å². The van der Waals surface area contributed by atoms with Crippen LogP contribution in [0.4, 0.5) is 5.69 Å². The average molecular weight is 394 g/mol. The van der Waals surface area contributed by atoms with Crippen molar-refractivity contribution in [3.8, 4) is 0 Å². The molecular weight excluding hydrogens is 370 g/mol. The molecule has 25 heavy (non-hydrogen) atoms. The van der Waals surface area contributed by atoms with Crippen molar-refractivity contribution in [2.24, 2.45) is 5.73 Å². The third-order valence-corrected chi connectivity index (χ3v) is 6.32. The molecule has 1 aliphatic rings. The lowest BCUT2D eigenvalue weighted by Crippen LogP contribution is -2.17. The maximum absolute atomic E-state index is 6.00. The van der Waals surface area contributed by atoms with Gasteiger partial charge in [0.2, 0.25) is 0 Å². The van der Waals surface area contributed by atoms with E-state index in [1.807, 2.05) is 17.5 Å². The van der Waals surface area contributed by atoms with Crippen LogP contribution >= 0.6 is 34.3 Å². The van der Waals surface area contributed by atoms with Gasteiger partial charge in [0.1, 0.15) is 5.15 Å². The SMILES string of the molecule is Clc1cc(NCc2cccs2)c2sccc2n1.NC1CCCCCC1. The number of halogens is 1. The highest BCUT2D eigenvalue weighted by Gasteiger charge is 2.06. The summed E-state index contributed by atoms with van der Waals surface area (Å²) in [4.78, 5) is 5.59. The quantitative estimate of drug-likeness (QED) is 0.406. The average Bonchev–Trinajstić information content (AvgIpc) is 3.22. The molecule has 3 heterocycles. The van der Waals surface area contributed by atoms with Crippen molar-refractivity contribution in [3.63, 3.8) is 0 Å². The van der Waals surface area contributed by atoms with Gasteiger partial charge in [-0.2, -0.15) is 0 Å². The molecule has 0 spiro atoms. The maximum Gasteiger partial charge on any atom is 0.131 e. The van der Waals surface area contributed by atoms with Gasteiger partial charge in [-0.3, -0.25) is 0 Å². The van der Waals surface area contributed by atoms with Crippen molar-refractivity contribution in [1.29, 1.82) is 0 Å². The maximum atomic E-state index is 6.00. The Hall–Kier alpha value is -1.14. The Morgan fingerprint density at radius 3 is 2.64 bits per heavy atom. The van der Waals surface area contributed by atoms with Crippen LogP contribution in [0.2, 0.25) is 5.15 Å². The summed E-state index contributed by atoms with van der Waals surface area (Å²) in [5, 5.41) is 8.06. The second-order valence-corrected chi connectivity index (χ2v) is 8.65. The first-order chi connectivity index (χ1) is 12.2. The van der Waals surface area contributed by atoms with Gasteiger partial charge in [0.25, 0.3) is 0 Å². The summed E-state index contributed by atoms with van der Waals surface area (Å²) in [6.45, 7) is 0.824. The molecule has 1 aliphatic carbocycles. The predicted octanol–water partition coefficient (Wildman–Crippen LogP) is 6.29. The molecule has 1 fully saturated rings. The Balaban J connectivity index is 0.000000192. The Labute approximate surface area is 162 Å². The second-order valence-electron chi connectivity index (χ2n) is 6.31. The predicted molar refractivity (Wildman–Crippen MR) is 112 cm³/mol. The largest absolute Gasteiger partial charge is 0.379 e. The van der Waals surface area contributed by atoms with Crippen LogP contribution in [-0.2, 0) is 6.54 Å². The first-order valence-electron chi connectivity index (χ1n) is 8.78. The molecule has 4 rings (SSSR count). The van der Waals surface area contributed by atoms with E-state index >= 15 is 0 Å². The van der Waals surface area contributed by atoms with E-state index in [9.17, 15) is 0 Å². The molecule has 3 nitrogen and oxygen atoms in total. The van der Waals surface area contributed by atoms with Crippen LogP contribution < -0.4 is 11.1 Å². The van der Waals surface area contributed by atoms with Crippen molar-refractivity contribution in [2.45, 2.75) is 51.1 Å². The topological polar surface area (TPSA) is 50.9 Å². The number of hydrogen-bond acceptors (Lipinski definition) is 5. The van der Waals surface area contributed by atoms with Crippen molar-refractivity contribution < 1.29 is 0 Å². The minimum atomic E-state index is 0.525. The fourth-order valence-corrected chi connectivity index (χ4v) is 4.63. The van der Waals surface area contributed by atoms with Gasteiger partial charge in [0.15, 0.2) is 0 Å².